The Hall–Kier alpha value is -1.64. The van der Waals surface area contributed by atoms with Crippen LogP contribution in [-0.2, 0) is 26.0 Å². The lowest BCUT2D eigenvalue weighted by molar-refractivity contribution is -0.150. The molecule has 1 aromatic carbocycles. The number of hydrogen-bond donors (Lipinski definition) is 2. The first-order chi connectivity index (χ1) is 10.4. The quantitative estimate of drug-likeness (QED) is 0.721. The molecule has 22 heavy (non-hydrogen) atoms. The van der Waals surface area contributed by atoms with E-state index >= 15 is 0 Å². The summed E-state index contributed by atoms with van der Waals surface area (Å²) in [5, 5.41) is 0. The van der Waals surface area contributed by atoms with Crippen molar-refractivity contribution in [3.63, 3.8) is 0 Å². The third-order valence-corrected chi connectivity index (χ3v) is 4.86. The zero-order valence-corrected chi connectivity index (χ0v) is 13.4. The molecule has 0 amide bonds. The van der Waals surface area contributed by atoms with E-state index in [1.807, 2.05) is 0 Å². The predicted molar refractivity (Wildman–Crippen MR) is 80.0 cm³/mol. The van der Waals surface area contributed by atoms with Gasteiger partial charge in [0.1, 0.15) is 5.75 Å². The average Bonchev–Trinajstić information content (AvgIpc) is 2.90. The van der Waals surface area contributed by atoms with Crippen molar-refractivity contribution in [2.24, 2.45) is 5.73 Å². The van der Waals surface area contributed by atoms with Crippen LogP contribution < -0.4 is 15.2 Å². The van der Waals surface area contributed by atoms with Gasteiger partial charge in [-0.25, -0.2) is 17.9 Å². The van der Waals surface area contributed by atoms with Crippen LogP contribution in [0.1, 0.15) is 19.4 Å². The molecule has 0 bridgehead atoms. The van der Waals surface area contributed by atoms with Gasteiger partial charge in [-0.3, -0.25) is 0 Å². The van der Waals surface area contributed by atoms with E-state index in [4.69, 9.17) is 15.2 Å². The Bertz CT molecular complexity index is 659. The van der Waals surface area contributed by atoms with Crippen molar-refractivity contribution in [3.8, 4) is 5.75 Å². The zero-order chi connectivity index (χ0) is 16.3. The molecule has 2 rings (SSSR count). The first-order valence-corrected chi connectivity index (χ1v) is 8.54. The van der Waals surface area contributed by atoms with Crippen LogP contribution in [0.4, 0.5) is 0 Å². The molecule has 3 N–H and O–H groups in total. The van der Waals surface area contributed by atoms with Crippen LogP contribution >= 0.6 is 0 Å². The molecule has 8 heteroatoms. The third-order valence-electron chi connectivity index (χ3n) is 3.28. The van der Waals surface area contributed by atoms with Gasteiger partial charge in [0.2, 0.25) is 10.0 Å². The fraction of sp³-hybridized carbons (Fsp3) is 0.500. The second-order valence-corrected chi connectivity index (χ2v) is 6.80. The van der Waals surface area contributed by atoms with Crippen LogP contribution in [0.5, 0.6) is 5.75 Å². The fourth-order valence-electron chi connectivity index (χ4n) is 2.14. The Labute approximate surface area is 129 Å². The normalized spacial score (nSPS) is 18.4. The maximum Gasteiger partial charge on any atom is 0.347 e. The van der Waals surface area contributed by atoms with Gasteiger partial charge in [-0.1, -0.05) is 0 Å². The van der Waals surface area contributed by atoms with Crippen molar-refractivity contribution in [2.75, 3.05) is 13.2 Å². The SMILES string of the molecule is CCOC(=O)C1Cc2cc(S(=O)(=O)N[C@@H](C)CN)ccc2O1. The Balaban J connectivity index is 2.18. The van der Waals surface area contributed by atoms with Crippen LogP contribution in [0.3, 0.4) is 0 Å². The summed E-state index contributed by atoms with van der Waals surface area (Å²) in [6.45, 7) is 3.88. The third kappa shape index (κ3) is 3.57. The van der Waals surface area contributed by atoms with Gasteiger partial charge in [-0.2, -0.15) is 0 Å². The van der Waals surface area contributed by atoms with Crippen molar-refractivity contribution >= 4 is 16.0 Å². The maximum atomic E-state index is 12.2. The average molecular weight is 328 g/mol. The summed E-state index contributed by atoms with van der Waals surface area (Å²) < 4.78 is 37.3. The molecule has 1 aliphatic rings. The molecule has 1 heterocycles. The minimum Gasteiger partial charge on any atom is -0.478 e. The second-order valence-electron chi connectivity index (χ2n) is 5.09. The molecule has 0 saturated heterocycles. The Morgan fingerprint density at radius 2 is 2.27 bits per heavy atom. The van der Waals surface area contributed by atoms with Crippen LogP contribution in [0.2, 0.25) is 0 Å². The van der Waals surface area contributed by atoms with Crippen molar-refractivity contribution in [1.29, 1.82) is 0 Å². The number of hydrogen-bond acceptors (Lipinski definition) is 6. The number of carbonyl (C=O) groups excluding carboxylic acids is 1. The van der Waals surface area contributed by atoms with E-state index in [1.165, 1.54) is 12.1 Å². The summed E-state index contributed by atoms with van der Waals surface area (Å²) in [5.74, 6) is 0.0573. The van der Waals surface area contributed by atoms with Crippen molar-refractivity contribution in [3.05, 3.63) is 23.8 Å². The van der Waals surface area contributed by atoms with Crippen molar-refractivity contribution < 1.29 is 22.7 Å². The molecule has 0 aliphatic carbocycles. The van der Waals surface area contributed by atoms with Gasteiger partial charge in [-0.15, -0.1) is 0 Å². The molecule has 7 nitrogen and oxygen atoms in total. The van der Waals surface area contributed by atoms with Gasteiger partial charge < -0.3 is 15.2 Å². The summed E-state index contributed by atoms with van der Waals surface area (Å²) in [7, 11) is -3.64. The number of nitrogens with two attached hydrogens (primary N) is 1. The molecular formula is C14H20N2O5S. The van der Waals surface area contributed by atoms with E-state index in [1.54, 1.807) is 19.9 Å². The van der Waals surface area contributed by atoms with E-state index in [0.717, 1.165) is 0 Å². The van der Waals surface area contributed by atoms with E-state index in [2.05, 4.69) is 4.72 Å². The van der Waals surface area contributed by atoms with Gasteiger partial charge in [-0.05, 0) is 37.6 Å². The molecule has 1 aromatic rings. The number of carbonyl (C=O) groups is 1. The Morgan fingerprint density at radius 1 is 1.55 bits per heavy atom. The lowest BCUT2D eigenvalue weighted by atomic mass is 10.1. The summed E-state index contributed by atoms with van der Waals surface area (Å²) in [5.41, 5.74) is 6.10. The number of nitrogens with one attached hydrogen (secondary N) is 1. The second kappa shape index (κ2) is 6.64. The fourth-order valence-corrected chi connectivity index (χ4v) is 3.45. The molecule has 2 atom stereocenters. The first kappa shape index (κ1) is 16.7. The van der Waals surface area contributed by atoms with E-state index < -0.39 is 22.1 Å². The first-order valence-electron chi connectivity index (χ1n) is 7.06. The summed E-state index contributed by atoms with van der Waals surface area (Å²) in [4.78, 5) is 11.8. The minimum atomic E-state index is -3.64. The molecule has 0 saturated carbocycles. The lowest BCUT2D eigenvalue weighted by Gasteiger charge is -2.12. The van der Waals surface area contributed by atoms with Gasteiger partial charge in [0.05, 0.1) is 11.5 Å². The number of ether oxygens (including phenoxy) is 2. The number of rotatable bonds is 6. The van der Waals surface area contributed by atoms with E-state index in [9.17, 15) is 13.2 Å². The number of sulfonamides is 1. The van der Waals surface area contributed by atoms with Crippen LogP contribution in [-0.4, -0.2) is 39.7 Å². The lowest BCUT2D eigenvalue weighted by Crippen LogP contribution is -2.37. The summed E-state index contributed by atoms with van der Waals surface area (Å²) >= 11 is 0. The van der Waals surface area contributed by atoms with E-state index in [0.29, 0.717) is 17.7 Å². The van der Waals surface area contributed by atoms with Gasteiger partial charge in [0, 0.05) is 19.0 Å². The standard InChI is InChI=1S/C14H20N2O5S/c1-3-20-14(17)13-7-10-6-11(4-5-12(10)21-13)22(18,19)16-9(2)8-15/h4-6,9,13,16H,3,7-8,15H2,1-2H3/t9-,13?/m0/s1. The molecule has 0 aromatic heterocycles. The van der Waals surface area contributed by atoms with Gasteiger partial charge >= 0.3 is 5.97 Å². The molecule has 0 radical (unpaired) electrons. The zero-order valence-electron chi connectivity index (χ0n) is 12.5. The van der Waals surface area contributed by atoms with Gasteiger partial charge in [0.25, 0.3) is 0 Å². The highest BCUT2D eigenvalue weighted by molar-refractivity contribution is 7.89. The Morgan fingerprint density at radius 3 is 2.91 bits per heavy atom. The number of esters is 1. The van der Waals surface area contributed by atoms with Crippen molar-refractivity contribution in [1.82, 2.24) is 4.72 Å². The molecule has 0 fully saturated rings. The van der Waals surface area contributed by atoms with Gasteiger partial charge in [0.15, 0.2) is 6.10 Å². The van der Waals surface area contributed by atoms with Crippen LogP contribution in [0.15, 0.2) is 23.1 Å². The molecule has 1 aliphatic heterocycles. The summed E-state index contributed by atoms with van der Waals surface area (Å²) in [6.07, 6.45) is -0.423. The molecule has 122 valence electrons. The maximum absolute atomic E-state index is 12.2. The molecule has 0 spiro atoms. The number of fused-ring (bicyclic) bond motifs is 1. The van der Waals surface area contributed by atoms with Crippen LogP contribution in [0, 0.1) is 0 Å². The van der Waals surface area contributed by atoms with E-state index in [-0.39, 0.29) is 24.1 Å². The Kier molecular flexibility index (Phi) is 5.05. The highest BCUT2D eigenvalue weighted by atomic mass is 32.2. The predicted octanol–water partition coefficient (Wildman–Crippen LogP) is 0.179. The largest absolute Gasteiger partial charge is 0.478 e. The minimum absolute atomic E-state index is 0.125. The highest BCUT2D eigenvalue weighted by Crippen LogP contribution is 2.31. The number of benzene rings is 1. The smallest absolute Gasteiger partial charge is 0.347 e. The molecule has 1 unspecified atom stereocenters. The summed E-state index contributed by atoms with van der Waals surface area (Å²) in [6, 6.07) is 4.15. The van der Waals surface area contributed by atoms with Crippen molar-refractivity contribution in [2.45, 2.75) is 37.3 Å². The molecular weight excluding hydrogens is 308 g/mol. The van der Waals surface area contributed by atoms with Crippen LogP contribution in [0.25, 0.3) is 0 Å². The topological polar surface area (TPSA) is 108 Å². The highest BCUT2D eigenvalue weighted by Gasteiger charge is 2.31. The monoisotopic (exact) mass is 328 g/mol.